The average molecular weight is 605 g/mol. The number of nitrogens with one attached hydrogen (secondary N) is 2. The quantitative estimate of drug-likeness (QED) is 0.153. The third kappa shape index (κ3) is 9.58. The molecule has 0 bridgehead atoms. The van der Waals surface area contributed by atoms with Gasteiger partial charge < -0.3 is 19.1 Å². The lowest BCUT2D eigenvalue weighted by Gasteiger charge is -2.31. The van der Waals surface area contributed by atoms with Crippen LogP contribution in [0.4, 0.5) is 0 Å². The molecule has 0 radical (unpaired) electrons. The number of ether oxygens (including phenoxy) is 2. The molecule has 1 unspecified atom stereocenters. The Morgan fingerprint density at radius 3 is 1.71 bits per heavy atom. The van der Waals surface area contributed by atoms with E-state index in [9.17, 15) is 19.3 Å². The smallest absolute Gasteiger partial charge is 0.391 e. The Bertz CT molecular complexity index is 1220. The second-order valence-corrected chi connectivity index (χ2v) is 13.4. The highest BCUT2D eigenvalue weighted by Crippen LogP contribution is 2.43. The van der Waals surface area contributed by atoms with E-state index in [0.717, 1.165) is 27.8 Å². The fourth-order valence-corrected chi connectivity index (χ4v) is 6.80. The number of carbonyl (C=O) groups is 2. The summed E-state index contributed by atoms with van der Waals surface area (Å²) < 4.78 is 31.1. The van der Waals surface area contributed by atoms with Crippen LogP contribution in [0.2, 0.25) is 0 Å². The molecule has 2 rings (SSSR count). The van der Waals surface area contributed by atoms with Crippen molar-refractivity contribution in [2.24, 2.45) is 11.8 Å². The van der Waals surface area contributed by atoms with E-state index < -0.39 is 31.7 Å². The van der Waals surface area contributed by atoms with Crippen molar-refractivity contribution in [3.63, 3.8) is 0 Å². The van der Waals surface area contributed by atoms with Gasteiger partial charge in [0, 0.05) is 0 Å². The van der Waals surface area contributed by atoms with Gasteiger partial charge in [-0.15, -0.1) is 0 Å². The Labute approximate surface area is 251 Å². The van der Waals surface area contributed by atoms with E-state index in [1.807, 2.05) is 39.8 Å². The Morgan fingerprint density at radius 2 is 1.31 bits per heavy atom. The Balaban J connectivity index is 2.49. The van der Waals surface area contributed by atoms with Crippen LogP contribution >= 0.6 is 7.67 Å². The standard InChI is InChI=1S/C32H49N2O7P/c1-11-39-31(36)29(20(5)6)33-42(38,34-30(21(7)8)32(37)40-12-2)41-25-15-22(9)27(23(10)16-25)18-24-13-14-28(35)26(17-24)19(3)4/h13-17,19-21,29-30,35H,11-12,18H2,1-10H3,(H2,33,34,38)/t29-,30+,42?. The number of rotatable bonds is 15. The van der Waals surface area contributed by atoms with Crippen LogP contribution in [-0.4, -0.2) is 42.3 Å². The predicted octanol–water partition coefficient (Wildman–Crippen LogP) is 6.56. The lowest BCUT2D eigenvalue weighted by molar-refractivity contribution is -0.146. The minimum atomic E-state index is -4.09. The molecule has 0 spiro atoms. The summed E-state index contributed by atoms with van der Waals surface area (Å²) in [4.78, 5) is 25.6. The average Bonchev–Trinajstić information content (AvgIpc) is 2.88. The summed E-state index contributed by atoms with van der Waals surface area (Å²) >= 11 is 0. The highest BCUT2D eigenvalue weighted by Gasteiger charge is 2.39. The number of aryl methyl sites for hydroxylation is 2. The molecule has 234 valence electrons. The van der Waals surface area contributed by atoms with Gasteiger partial charge in [0.1, 0.15) is 23.6 Å². The van der Waals surface area contributed by atoms with Crippen molar-refractivity contribution in [2.45, 2.75) is 93.7 Å². The molecule has 2 aromatic rings. The maximum atomic E-state index is 14.5. The molecule has 0 aliphatic heterocycles. The third-order valence-electron chi connectivity index (χ3n) is 7.03. The van der Waals surface area contributed by atoms with E-state index >= 15 is 0 Å². The molecule has 0 amide bonds. The topological polar surface area (TPSA) is 123 Å². The molecule has 10 heteroatoms. The number of hydrogen-bond donors (Lipinski definition) is 3. The molecule has 0 heterocycles. The van der Waals surface area contributed by atoms with Gasteiger partial charge in [0.25, 0.3) is 0 Å². The van der Waals surface area contributed by atoms with Gasteiger partial charge in [-0.25, -0.2) is 14.7 Å². The minimum Gasteiger partial charge on any atom is -0.508 e. The van der Waals surface area contributed by atoms with Crippen LogP contribution in [0.15, 0.2) is 30.3 Å². The molecule has 2 aromatic carbocycles. The zero-order chi connectivity index (χ0) is 31.8. The SMILES string of the molecule is CCOC(=O)[C@@H](NP(=O)(N[C@@H](C(=O)OCC)C(C)C)Oc1cc(C)c(Cc2ccc(O)c(C(C)C)c2)c(C)c1)C(C)C. The van der Waals surface area contributed by atoms with Crippen LogP contribution in [0, 0.1) is 25.7 Å². The molecule has 0 aliphatic rings. The van der Waals surface area contributed by atoms with Gasteiger partial charge in [-0.3, -0.25) is 9.59 Å². The molecule has 3 N–H and O–H groups in total. The molecule has 0 aromatic heterocycles. The summed E-state index contributed by atoms with van der Waals surface area (Å²) in [5.74, 6) is -0.897. The van der Waals surface area contributed by atoms with Gasteiger partial charge in [-0.05, 0) is 97.9 Å². The van der Waals surface area contributed by atoms with E-state index in [1.54, 1.807) is 59.7 Å². The summed E-state index contributed by atoms with van der Waals surface area (Å²) in [6.07, 6.45) is 0.642. The van der Waals surface area contributed by atoms with Crippen molar-refractivity contribution < 1.29 is 33.3 Å². The summed E-state index contributed by atoms with van der Waals surface area (Å²) in [5.41, 5.74) is 4.88. The largest absolute Gasteiger partial charge is 0.508 e. The molecular weight excluding hydrogens is 555 g/mol. The second kappa shape index (κ2) is 15.6. The van der Waals surface area contributed by atoms with Crippen molar-refractivity contribution in [1.82, 2.24) is 10.2 Å². The van der Waals surface area contributed by atoms with Gasteiger partial charge in [-0.1, -0.05) is 53.7 Å². The monoisotopic (exact) mass is 604 g/mol. The van der Waals surface area contributed by atoms with Crippen molar-refractivity contribution in [3.05, 3.63) is 58.1 Å². The van der Waals surface area contributed by atoms with Crippen LogP contribution in [-0.2, 0) is 30.0 Å². The molecule has 9 nitrogen and oxygen atoms in total. The van der Waals surface area contributed by atoms with Gasteiger partial charge in [0.05, 0.1) is 13.2 Å². The van der Waals surface area contributed by atoms with E-state index in [0.29, 0.717) is 12.2 Å². The summed E-state index contributed by atoms with van der Waals surface area (Å²) in [5, 5.41) is 16.0. The van der Waals surface area contributed by atoms with Crippen molar-refractivity contribution in [3.8, 4) is 11.5 Å². The van der Waals surface area contributed by atoms with E-state index in [2.05, 4.69) is 10.2 Å². The fraction of sp³-hybridized carbons (Fsp3) is 0.562. The number of esters is 2. The van der Waals surface area contributed by atoms with Crippen molar-refractivity contribution >= 4 is 19.6 Å². The van der Waals surface area contributed by atoms with Crippen LogP contribution in [0.3, 0.4) is 0 Å². The Morgan fingerprint density at radius 1 is 0.833 bits per heavy atom. The van der Waals surface area contributed by atoms with Crippen molar-refractivity contribution in [1.29, 1.82) is 0 Å². The maximum absolute atomic E-state index is 14.5. The van der Waals surface area contributed by atoms with Crippen LogP contribution in [0.1, 0.15) is 89.1 Å². The normalized spacial score (nSPS) is 14.5. The number of aromatic hydroxyl groups is 1. The number of phenols is 1. The summed E-state index contributed by atoms with van der Waals surface area (Å²) in [6, 6.07) is 7.35. The Kier molecular flexibility index (Phi) is 13.1. The van der Waals surface area contributed by atoms with E-state index in [4.69, 9.17) is 14.0 Å². The van der Waals surface area contributed by atoms with Gasteiger partial charge in [0.15, 0.2) is 0 Å². The highest BCUT2D eigenvalue weighted by molar-refractivity contribution is 7.55. The molecule has 0 fully saturated rings. The first-order chi connectivity index (χ1) is 19.6. The summed E-state index contributed by atoms with van der Waals surface area (Å²) in [7, 11) is -4.09. The van der Waals surface area contributed by atoms with Gasteiger partial charge in [-0.2, -0.15) is 0 Å². The molecule has 0 saturated carbocycles. The number of phenolic OH excluding ortho intramolecular Hbond substituents is 1. The van der Waals surface area contributed by atoms with Crippen LogP contribution in [0.5, 0.6) is 11.5 Å². The number of benzene rings is 2. The molecule has 0 saturated heterocycles. The maximum Gasteiger partial charge on any atom is 0.391 e. The molecule has 42 heavy (non-hydrogen) atoms. The first-order valence-electron chi connectivity index (χ1n) is 14.7. The third-order valence-corrected chi connectivity index (χ3v) is 8.73. The Hall–Kier alpha value is -2.87. The summed E-state index contributed by atoms with van der Waals surface area (Å²) in [6.45, 7) is 19.0. The first kappa shape index (κ1) is 35.3. The highest BCUT2D eigenvalue weighted by atomic mass is 31.2. The van der Waals surface area contributed by atoms with Gasteiger partial charge >= 0.3 is 19.6 Å². The van der Waals surface area contributed by atoms with Crippen LogP contribution < -0.4 is 14.7 Å². The van der Waals surface area contributed by atoms with Crippen molar-refractivity contribution in [2.75, 3.05) is 13.2 Å². The second-order valence-electron chi connectivity index (χ2n) is 11.6. The van der Waals surface area contributed by atoms with E-state index in [1.165, 1.54) is 0 Å². The number of carbonyl (C=O) groups excluding carboxylic acids is 2. The first-order valence-corrected chi connectivity index (χ1v) is 16.3. The lowest BCUT2D eigenvalue weighted by atomic mass is 9.93. The lowest BCUT2D eigenvalue weighted by Crippen LogP contribution is -2.48. The molecule has 3 atom stereocenters. The molecular formula is C32H49N2O7P. The predicted molar refractivity (Wildman–Crippen MR) is 166 cm³/mol. The number of hydrogen-bond acceptors (Lipinski definition) is 7. The minimum absolute atomic E-state index is 0.166. The zero-order valence-electron chi connectivity index (χ0n) is 26.7. The molecule has 0 aliphatic carbocycles. The zero-order valence-corrected chi connectivity index (χ0v) is 27.6. The fourth-order valence-electron chi connectivity index (χ4n) is 4.68. The van der Waals surface area contributed by atoms with Crippen LogP contribution in [0.25, 0.3) is 0 Å². The van der Waals surface area contributed by atoms with E-state index in [-0.39, 0.29) is 36.7 Å². The van der Waals surface area contributed by atoms with Gasteiger partial charge in [0.2, 0.25) is 0 Å².